The Morgan fingerprint density at radius 1 is 1.32 bits per heavy atom. The summed E-state index contributed by atoms with van der Waals surface area (Å²) in [4.78, 5) is 0. The maximum absolute atomic E-state index is 13.6. The number of hydrogen-bond donors (Lipinski definition) is 1. The van der Waals surface area contributed by atoms with E-state index < -0.39 is 11.6 Å². The van der Waals surface area contributed by atoms with Gasteiger partial charge in [0.15, 0.2) is 5.01 Å². The highest BCUT2D eigenvalue weighted by atomic mass is 32.1. The highest BCUT2D eigenvalue weighted by Crippen LogP contribution is 2.26. The monoisotopic (exact) mass is 285 g/mol. The molecule has 0 atom stereocenters. The van der Waals surface area contributed by atoms with Crippen LogP contribution in [-0.4, -0.2) is 30.5 Å². The molecule has 0 bridgehead atoms. The predicted molar refractivity (Wildman–Crippen MR) is 68.8 cm³/mol. The standard InChI is InChI=1S/C12H13F2N3OS/c1-18-5-4-15-7-11-16-17-12(19-11)9-3-2-8(13)6-10(9)14/h2-3,6,15H,4-5,7H2,1H3. The second kappa shape index (κ2) is 6.65. The summed E-state index contributed by atoms with van der Waals surface area (Å²) in [6.45, 7) is 1.86. The Bertz CT molecular complexity index is 548. The molecular weight excluding hydrogens is 272 g/mol. The van der Waals surface area contributed by atoms with Gasteiger partial charge in [0.25, 0.3) is 0 Å². The van der Waals surface area contributed by atoms with Crippen LogP contribution in [0.2, 0.25) is 0 Å². The molecule has 0 radical (unpaired) electrons. The van der Waals surface area contributed by atoms with E-state index in [2.05, 4.69) is 15.5 Å². The SMILES string of the molecule is COCCNCc1nnc(-c2ccc(F)cc2F)s1. The molecule has 0 aliphatic rings. The minimum Gasteiger partial charge on any atom is -0.383 e. The molecule has 7 heteroatoms. The zero-order chi connectivity index (χ0) is 13.7. The molecule has 0 fully saturated rings. The van der Waals surface area contributed by atoms with Gasteiger partial charge >= 0.3 is 0 Å². The van der Waals surface area contributed by atoms with Gasteiger partial charge in [0.1, 0.15) is 16.6 Å². The van der Waals surface area contributed by atoms with Crippen molar-refractivity contribution in [3.8, 4) is 10.6 Å². The highest BCUT2D eigenvalue weighted by Gasteiger charge is 2.11. The maximum atomic E-state index is 13.6. The first-order valence-corrected chi connectivity index (χ1v) is 6.50. The summed E-state index contributed by atoms with van der Waals surface area (Å²) in [5.41, 5.74) is 0.266. The minimum atomic E-state index is -0.630. The molecule has 0 aliphatic heterocycles. The molecule has 4 nitrogen and oxygen atoms in total. The Morgan fingerprint density at radius 3 is 2.89 bits per heavy atom. The lowest BCUT2D eigenvalue weighted by atomic mass is 10.2. The van der Waals surface area contributed by atoms with E-state index in [1.807, 2.05) is 0 Å². The van der Waals surface area contributed by atoms with Crippen molar-refractivity contribution in [2.45, 2.75) is 6.54 Å². The third-order valence-corrected chi connectivity index (χ3v) is 3.34. The van der Waals surface area contributed by atoms with Gasteiger partial charge in [0, 0.05) is 31.8 Å². The van der Waals surface area contributed by atoms with Gasteiger partial charge in [-0.05, 0) is 12.1 Å². The number of hydrogen-bond acceptors (Lipinski definition) is 5. The third kappa shape index (κ3) is 3.76. The topological polar surface area (TPSA) is 47.0 Å². The van der Waals surface area contributed by atoms with Crippen LogP contribution in [-0.2, 0) is 11.3 Å². The van der Waals surface area contributed by atoms with Gasteiger partial charge < -0.3 is 10.1 Å². The summed E-state index contributed by atoms with van der Waals surface area (Å²) in [5.74, 6) is -1.23. The van der Waals surface area contributed by atoms with Gasteiger partial charge in [0.05, 0.1) is 6.61 Å². The van der Waals surface area contributed by atoms with Crippen LogP contribution in [0.1, 0.15) is 5.01 Å². The highest BCUT2D eigenvalue weighted by molar-refractivity contribution is 7.14. The number of nitrogens with one attached hydrogen (secondary N) is 1. The molecule has 0 amide bonds. The fraction of sp³-hybridized carbons (Fsp3) is 0.333. The van der Waals surface area contributed by atoms with Crippen LogP contribution >= 0.6 is 11.3 Å². The number of rotatable bonds is 6. The Kier molecular flexibility index (Phi) is 4.89. The number of halogens is 2. The normalized spacial score (nSPS) is 10.9. The molecule has 0 spiro atoms. The van der Waals surface area contributed by atoms with Crippen LogP contribution < -0.4 is 5.32 Å². The summed E-state index contributed by atoms with van der Waals surface area (Å²) < 4.78 is 31.3. The Morgan fingerprint density at radius 2 is 2.16 bits per heavy atom. The van der Waals surface area contributed by atoms with E-state index in [1.165, 1.54) is 23.5 Å². The number of ether oxygens (including phenoxy) is 1. The number of methoxy groups -OCH3 is 1. The van der Waals surface area contributed by atoms with E-state index >= 15 is 0 Å². The van der Waals surface area contributed by atoms with E-state index in [4.69, 9.17) is 4.74 Å². The van der Waals surface area contributed by atoms with Crippen molar-refractivity contribution in [1.29, 1.82) is 0 Å². The first-order valence-electron chi connectivity index (χ1n) is 5.68. The number of aromatic nitrogens is 2. The van der Waals surface area contributed by atoms with Crippen molar-refractivity contribution in [1.82, 2.24) is 15.5 Å². The van der Waals surface area contributed by atoms with E-state index in [-0.39, 0.29) is 5.56 Å². The fourth-order valence-corrected chi connectivity index (χ4v) is 2.30. The predicted octanol–water partition coefficient (Wildman–Crippen LogP) is 2.22. The van der Waals surface area contributed by atoms with Gasteiger partial charge in [0.2, 0.25) is 0 Å². The molecule has 19 heavy (non-hydrogen) atoms. The Hall–Kier alpha value is -1.44. The van der Waals surface area contributed by atoms with Gasteiger partial charge in [-0.3, -0.25) is 0 Å². The van der Waals surface area contributed by atoms with Gasteiger partial charge in [-0.2, -0.15) is 0 Å². The summed E-state index contributed by atoms with van der Waals surface area (Å²) in [6, 6.07) is 3.41. The molecule has 1 heterocycles. The molecule has 0 aliphatic carbocycles. The molecule has 2 aromatic rings. The smallest absolute Gasteiger partial charge is 0.150 e. The van der Waals surface area contributed by atoms with Crippen LogP contribution in [0.15, 0.2) is 18.2 Å². The molecule has 2 rings (SSSR count). The van der Waals surface area contributed by atoms with E-state index in [0.717, 1.165) is 11.1 Å². The Labute approximate surface area is 113 Å². The van der Waals surface area contributed by atoms with Gasteiger partial charge in [-0.15, -0.1) is 10.2 Å². The lowest BCUT2D eigenvalue weighted by molar-refractivity contribution is 0.199. The second-order valence-corrected chi connectivity index (χ2v) is 4.86. The maximum Gasteiger partial charge on any atom is 0.150 e. The fourth-order valence-electron chi connectivity index (χ4n) is 1.47. The lowest BCUT2D eigenvalue weighted by Gasteiger charge is -1.99. The van der Waals surface area contributed by atoms with E-state index in [0.29, 0.717) is 24.7 Å². The summed E-state index contributed by atoms with van der Waals surface area (Å²) in [5, 5.41) is 12.2. The lowest BCUT2D eigenvalue weighted by Crippen LogP contribution is -2.18. The van der Waals surface area contributed by atoms with Crippen LogP contribution in [0.4, 0.5) is 8.78 Å². The van der Waals surface area contributed by atoms with Crippen molar-refractivity contribution in [2.24, 2.45) is 0 Å². The van der Waals surface area contributed by atoms with Crippen molar-refractivity contribution in [3.63, 3.8) is 0 Å². The summed E-state index contributed by atoms with van der Waals surface area (Å²) in [6.07, 6.45) is 0. The van der Waals surface area contributed by atoms with Crippen molar-refractivity contribution in [2.75, 3.05) is 20.3 Å². The Balaban J connectivity index is 2.04. The average molecular weight is 285 g/mol. The van der Waals surface area contributed by atoms with Gasteiger partial charge in [-0.1, -0.05) is 11.3 Å². The first kappa shape index (κ1) is 14.0. The number of benzene rings is 1. The average Bonchev–Trinajstić information content (AvgIpc) is 2.83. The minimum absolute atomic E-state index is 0.266. The summed E-state index contributed by atoms with van der Waals surface area (Å²) in [7, 11) is 1.63. The van der Waals surface area contributed by atoms with E-state index in [9.17, 15) is 8.78 Å². The largest absolute Gasteiger partial charge is 0.383 e. The third-order valence-electron chi connectivity index (χ3n) is 2.39. The molecule has 0 saturated heterocycles. The second-order valence-electron chi connectivity index (χ2n) is 3.79. The zero-order valence-electron chi connectivity index (χ0n) is 10.3. The number of nitrogens with zero attached hydrogens (tertiary/aromatic N) is 2. The molecule has 0 saturated carbocycles. The summed E-state index contributed by atoms with van der Waals surface area (Å²) >= 11 is 1.28. The van der Waals surface area contributed by atoms with Crippen molar-refractivity contribution >= 4 is 11.3 Å². The van der Waals surface area contributed by atoms with Crippen molar-refractivity contribution in [3.05, 3.63) is 34.8 Å². The molecular formula is C12H13F2N3OS. The van der Waals surface area contributed by atoms with Crippen LogP contribution in [0, 0.1) is 11.6 Å². The van der Waals surface area contributed by atoms with Crippen molar-refractivity contribution < 1.29 is 13.5 Å². The molecule has 0 unspecified atom stereocenters. The molecule has 1 aromatic carbocycles. The zero-order valence-corrected chi connectivity index (χ0v) is 11.1. The van der Waals surface area contributed by atoms with Crippen LogP contribution in [0.5, 0.6) is 0 Å². The van der Waals surface area contributed by atoms with Gasteiger partial charge in [-0.25, -0.2) is 8.78 Å². The molecule has 102 valence electrons. The molecule has 1 aromatic heterocycles. The molecule has 1 N–H and O–H groups in total. The van der Waals surface area contributed by atoms with Crippen LogP contribution in [0.3, 0.4) is 0 Å². The quantitative estimate of drug-likeness (QED) is 0.827. The van der Waals surface area contributed by atoms with E-state index in [1.54, 1.807) is 7.11 Å². The van der Waals surface area contributed by atoms with Crippen LogP contribution in [0.25, 0.3) is 10.6 Å². The first-order chi connectivity index (χ1) is 9.20.